The molecule has 5 heteroatoms. The van der Waals surface area contributed by atoms with Gasteiger partial charge in [-0.25, -0.2) is 0 Å². The highest BCUT2D eigenvalue weighted by Crippen LogP contribution is 2.34. The second-order valence-corrected chi connectivity index (χ2v) is 5.82. The standard InChI is InChI=1S/C19H22N2O3/c1-20-19(22)15-7-3-5-13(9-15)11-21-16-10-14-6-4-8-17(23-2)18(14)24-12-16/h3-9,16,21H,10-12H2,1-2H3,(H,20,22)/t16-/m1/s1. The van der Waals surface area contributed by atoms with Crippen molar-refractivity contribution < 1.29 is 14.3 Å². The average Bonchev–Trinajstić information content (AvgIpc) is 2.65. The average molecular weight is 326 g/mol. The van der Waals surface area contributed by atoms with Gasteiger partial charge in [0.05, 0.1) is 7.11 Å². The number of benzene rings is 2. The van der Waals surface area contributed by atoms with Gasteiger partial charge in [-0.05, 0) is 35.7 Å². The Labute approximate surface area is 142 Å². The predicted octanol–water partition coefficient (Wildman–Crippen LogP) is 2.15. The van der Waals surface area contributed by atoms with Crippen LogP contribution in [0, 0.1) is 0 Å². The van der Waals surface area contributed by atoms with Gasteiger partial charge in [-0.1, -0.05) is 24.3 Å². The largest absolute Gasteiger partial charge is 0.493 e. The molecule has 0 saturated carbocycles. The number of carbonyl (C=O) groups excluding carboxylic acids is 1. The molecule has 0 radical (unpaired) electrons. The van der Waals surface area contributed by atoms with Crippen molar-refractivity contribution in [3.8, 4) is 11.5 Å². The van der Waals surface area contributed by atoms with E-state index in [1.165, 1.54) is 0 Å². The molecule has 5 nitrogen and oxygen atoms in total. The summed E-state index contributed by atoms with van der Waals surface area (Å²) in [5.74, 6) is 1.56. The molecule has 2 N–H and O–H groups in total. The zero-order chi connectivity index (χ0) is 16.9. The first-order valence-corrected chi connectivity index (χ1v) is 8.04. The zero-order valence-electron chi connectivity index (χ0n) is 14.0. The molecule has 0 aromatic heterocycles. The summed E-state index contributed by atoms with van der Waals surface area (Å²) >= 11 is 0. The Morgan fingerprint density at radius 2 is 2.12 bits per heavy atom. The molecule has 24 heavy (non-hydrogen) atoms. The van der Waals surface area contributed by atoms with Crippen LogP contribution in [0.15, 0.2) is 42.5 Å². The first-order chi connectivity index (χ1) is 11.7. The number of ether oxygens (including phenoxy) is 2. The molecule has 0 saturated heterocycles. The Kier molecular flexibility index (Phi) is 5.01. The van der Waals surface area contributed by atoms with Crippen LogP contribution in [-0.4, -0.2) is 32.7 Å². The summed E-state index contributed by atoms with van der Waals surface area (Å²) in [5, 5.41) is 6.15. The van der Waals surface area contributed by atoms with Gasteiger partial charge in [0.15, 0.2) is 11.5 Å². The number of rotatable bonds is 5. The van der Waals surface area contributed by atoms with Crippen LogP contribution in [0.1, 0.15) is 21.5 Å². The Balaban J connectivity index is 1.63. The lowest BCUT2D eigenvalue weighted by Gasteiger charge is -2.27. The number of methoxy groups -OCH3 is 1. The minimum absolute atomic E-state index is 0.0705. The van der Waals surface area contributed by atoms with E-state index in [9.17, 15) is 4.79 Å². The number of para-hydroxylation sites is 1. The van der Waals surface area contributed by atoms with E-state index in [0.29, 0.717) is 18.7 Å². The molecule has 2 aromatic carbocycles. The molecule has 0 unspecified atom stereocenters. The monoisotopic (exact) mass is 326 g/mol. The van der Waals surface area contributed by atoms with E-state index in [-0.39, 0.29) is 11.9 Å². The van der Waals surface area contributed by atoms with Crippen molar-refractivity contribution in [2.75, 3.05) is 20.8 Å². The third kappa shape index (κ3) is 3.51. The maximum absolute atomic E-state index is 11.7. The molecular formula is C19H22N2O3. The van der Waals surface area contributed by atoms with Crippen LogP contribution in [0.2, 0.25) is 0 Å². The van der Waals surface area contributed by atoms with Crippen LogP contribution in [0.4, 0.5) is 0 Å². The van der Waals surface area contributed by atoms with Gasteiger partial charge in [0.25, 0.3) is 5.91 Å². The van der Waals surface area contributed by atoms with Crippen LogP contribution in [0.3, 0.4) is 0 Å². The molecule has 1 amide bonds. The maximum Gasteiger partial charge on any atom is 0.251 e. The third-order valence-corrected chi connectivity index (χ3v) is 4.19. The highest BCUT2D eigenvalue weighted by Gasteiger charge is 2.22. The molecule has 1 aliphatic heterocycles. The zero-order valence-corrected chi connectivity index (χ0v) is 14.0. The summed E-state index contributed by atoms with van der Waals surface area (Å²) in [6, 6.07) is 13.8. The third-order valence-electron chi connectivity index (χ3n) is 4.19. The summed E-state index contributed by atoms with van der Waals surface area (Å²) in [6.07, 6.45) is 0.891. The van der Waals surface area contributed by atoms with E-state index in [4.69, 9.17) is 9.47 Å². The number of carbonyl (C=O) groups is 1. The van der Waals surface area contributed by atoms with Crippen molar-refractivity contribution in [2.45, 2.75) is 19.0 Å². The Hall–Kier alpha value is -2.53. The van der Waals surface area contributed by atoms with Crippen LogP contribution in [-0.2, 0) is 13.0 Å². The molecule has 1 aliphatic rings. The fourth-order valence-corrected chi connectivity index (χ4v) is 2.92. The molecule has 126 valence electrons. The van der Waals surface area contributed by atoms with Crippen LogP contribution >= 0.6 is 0 Å². The van der Waals surface area contributed by atoms with Gasteiger partial charge in [0.1, 0.15) is 6.61 Å². The van der Waals surface area contributed by atoms with Crippen LogP contribution in [0.25, 0.3) is 0 Å². The maximum atomic E-state index is 11.7. The van der Waals surface area contributed by atoms with Gasteiger partial charge >= 0.3 is 0 Å². The van der Waals surface area contributed by atoms with Crippen LogP contribution < -0.4 is 20.1 Å². The first-order valence-electron chi connectivity index (χ1n) is 8.04. The second kappa shape index (κ2) is 7.36. The molecule has 0 bridgehead atoms. The van der Waals surface area contributed by atoms with Crippen molar-refractivity contribution in [2.24, 2.45) is 0 Å². The molecule has 0 fully saturated rings. The lowest BCUT2D eigenvalue weighted by molar-refractivity contribution is 0.0963. The Morgan fingerprint density at radius 3 is 2.92 bits per heavy atom. The number of hydrogen-bond donors (Lipinski definition) is 2. The number of fused-ring (bicyclic) bond motifs is 1. The molecule has 1 atom stereocenters. The van der Waals surface area contributed by atoms with Gasteiger partial charge < -0.3 is 20.1 Å². The van der Waals surface area contributed by atoms with Crippen molar-refractivity contribution in [3.63, 3.8) is 0 Å². The highest BCUT2D eigenvalue weighted by atomic mass is 16.5. The Morgan fingerprint density at radius 1 is 1.29 bits per heavy atom. The van der Waals surface area contributed by atoms with Gasteiger partial charge in [-0.15, -0.1) is 0 Å². The summed E-state index contributed by atoms with van der Waals surface area (Å²) in [7, 11) is 3.29. The minimum Gasteiger partial charge on any atom is -0.493 e. The SMILES string of the molecule is CNC(=O)c1cccc(CN[C@H]2COc3c(cccc3OC)C2)c1. The Bertz CT molecular complexity index is 730. The smallest absolute Gasteiger partial charge is 0.251 e. The van der Waals surface area contributed by atoms with E-state index in [1.807, 2.05) is 36.4 Å². The van der Waals surface area contributed by atoms with E-state index in [1.54, 1.807) is 14.2 Å². The van der Waals surface area contributed by atoms with Crippen molar-refractivity contribution >= 4 is 5.91 Å². The first kappa shape index (κ1) is 16.3. The molecule has 2 aromatic rings. The van der Waals surface area contributed by atoms with E-state index < -0.39 is 0 Å². The van der Waals surface area contributed by atoms with E-state index in [2.05, 4.69) is 16.7 Å². The van der Waals surface area contributed by atoms with Gasteiger partial charge in [-0.3, -0.25) is 4.79 Å². The van der Waals surface area contributed by atoms with E-state index >= 15 is 0 Å². The van der Waals surface area contributed by atoms with Gasteiger partial charge in [-0.2, -0.15) is 0 Å². The van der Waals surface area contributed by atoms with Gasteiger partial charge in [0, 0.05) is 25.2 Å². The van der Waals surface area contributed by atoms with Crippen molar-refractivity contribution in [1.82, 2.24) is 10.6 Å². The fourth-order valence-electron chi connectivity index (χ4n) is 2.92. The molecule has 3 rings (SSSR count). The highest BCUT2D eigenvalue weighted by molar-refractivity contribution is 5.94. The van der Waals surface area contributed by atoms with Crippen molar-refractivity contribution in [1.29, 1.82) is 0 Å². The summed E-state index contributed by atoms with van der Waals surface area (Å²) in [4.78, 5) is 11.7. The molecule has 0 aliphatic carbocycles. The van der Waals surface area contributed by atoms with Gasteiger partial charge in [0.2, 0.25) is 0 Å². The van der Waals surface area contributed by atoms with E-state index in [0.717, 1.165) is 29.0 Å². The predicted molar refractivity (Wildman–Crippen MR) is 92.7 cm³/mol. The topological polar surface area (TPSA) is 59.6 Å². The van der Waals surface area contributed by atoms with Crippen LogP contribution in [0.5, 0.6) is 11.5 Å². The second-order valence-electron chi connectivity index (χ2n) is 5.82. The lowest BCUT2D eigenvalue weighted by atomic mass is 10.0. The summed E-state index contributed by atoms with van der Waals surface area (Å²) in [6.45, 7) is 1.29. The molecular weight excluding hydrogens is 304 g/mol. The normalized spacial score (nSPS) is 16.0. The lowest BCUT2D eigenvalue weighted by Crippen LogP contribution is -2.39. The summed E-state index contributed by atoms with van der Waals surface area (Å²) in [5.41, 5.74) is 2.90. The number of nitrogens with one attached hydrogen (secondary N) is 2. The molecule has 0 spiro atoms. The number of hydrogen-bond acceptors (Lipinski definition) is 4. The minimum atomic E-state index is -0.0705. The molecule has 1 heterocycles. The summed E-state index contributed by atoms with van der Waals surface area (Å²) < 4.78 is 11.2. The fraction of sp³-hybridized carbons (Fsp3) is 0.316. The quantitative estimate of drug-likeness (QED) is 0.884. The number of amides is 1. The van der Waals surface area contributed by atoms with Crippen molar-refractivity contribution in [3.05, 3.63) is 59.2 Å².